The molecule has 0 bridgehead atoms. The monoisotopic (exact) mass is 298 g/mol. The van der Waals surface area contributed by atoms with E-state index in [0.29, 0.717) is 12.5 Å². The van der Waals surface area contributed by atoms with Crippen LogP contribution in [-0.2, 0) is 9.53 Å². The molecule has 2 atom stereocenters. The van der Waals surface area contributed by atoms with Crippen molar-refractivity contribution < 1.29 is 14.6 Å². The molecule has 2 unspecified atom stereocenters. The zero-order chi connectivity index (χ0) is 15.5. The molecule has 0 aromatic rings. The fourth-order valence-electron chi connectivity index (χ4n) is 3.72. The number of nitrogens with zero attached hydrogens (tertiary/aromatic N) is 1. The fourth-order valence-corrected chi connectivity index (χ4v) is 3.72. The van der Waals surface area contributed by atoms with Crippen LogP contribution >= 0.6 is 0 Å². The number of carboxylic acids is 1. The third kappa shape index (κ3) is 3.96. The van der Waals surface area contributed by atoms with E-state index in [1.165, 1.54) is 0 Å². The smallest absolute Gasteiger partial charge is 0.323 e. The van der Waals surface area contributed by atoms with Gasteiger partial charge in [0, 0.05) is 19.1 Å². The van der Waals surface area contributed by atoms with Gasteiger partial charge in [0.05, 0.1) is 12.2 Å². The SMILES string of the molecule is CCCNC1(C(=O)O)CCCC(N2CCOC(C)(C)C2)C1. The van der Waals surface area contributed by atoms with Crippen LogP contribution in [0.4, 0.5) is 0 Å². The van der Waals surface area contributed by atoms with Gasteiger partial charge in [-0.25, -0.2) is 0 Å². The molecule has 1 saturated carbocycles. The molecule has 1 saturated heterocycles. The maximum absolute atomic E-state index is 11.8. The molecule has 0 aromatic carbocycles. The Morgan fingerprint density at radius 3 is 2.86 bits per heavy atom. The average Bonchev–Trinajstić information content (AvgIpc) is 2.44. The molecule has 2 fully saturated rings. The molecule has 5 heteroatoms. The van der Waals surface area contributed by atoms with Crippen molar-refractivity contribution in [2.75, 3.05) is 26.2 Å². The van der Waals surface area contributed by atoms with Gasteiger partial charge < -0.3 is 15.2 Å². The second kappa shape index (κ2) is 6.63. The van der Waals surface area contributed by atoms with E-state index in [-0.39, 0.29) is 5.60 Å². The van der Waals surface area contributed by atoms with E-state index in [4.69, 9.17) is 4.74 Å². The van der Waals surface area contributed by atoms with E-state index < -0.39 is 11.5 Å². The van der Waals surface area contributed by atoms with Crippen molar-refractivity contribution in [3.63, 3.8) is 0 Å². The van der Waals surface area contributed by atoms with Crippen LogP contribution in [-0.4, -0.2) is 59.4 Å². The zero-order valence-corrected chi connectivity index (χ0v) is 13.7. The number of ether oxygens (including phenoxy) is 1. The van der Waals surface area contributed by atoms with Crippen molar-refractivity contribution in [3.05, 3.63) is 0 Å². The molecule has 5 nitrogen and oxygen atoms in total. The average molecular weight is 298 g/mol. The maximum Gasteiger partial charge on any atom is 0.323 e. The van der Waals surface area contributed by atoms with Gasteiger partial charge in [-0.3, -0.25) is 9.69 Å². The number of hydrogen-bond acceptors (Lipinski definition) is 4. The Balaban J connectivity index is 2.06. The van der Waals surface area contributed by atoms with Gasteiger partial charge in [-0.1, -0.05) is 6.92 Å². The van der Waals surface area contributed by atoms with Crippen molar-refractivity contribution >= 4 is 5.97 Å². The molecule has 122 valence electrons. The predicted octanol–water partition coefficient (Wildman–Crippen LogP) is 1.86. The summed E-state index contributed by atoms with van der Waals surface area (Å²) >= 11 is 0. The minimum atomic E-state index is -0.735. The summed E-state index contributed by atoms with van der Waals surface area (Å²) in [5, 5.41) is 13.0. The Hall–Kier alpha value is -0.650. The summed E-state index contributed by atoms with van der Waals surface area (Å²) in [7, 11) is 0. The topological polar surface area (TPSA) is 61.8 Å². The standard InChI is InChI=1S/C16H30N2O3/c1-4-8-17-16(14(19)20)7-5-6-13(11-16)18-9-10-21-15(2,3)12-18/h13,17H,4-12H2,1-3H3,(H,19,20). The third-order valence-corrected chi connectivity index (χ3v) is 4.82. The quantitative estimate of drug-likeness (QED) is 0.811. The van der Waals surface area contributed by atoms with Gasteiger partial charge in [-0.2, -0.15) is 0 Å². The van der Waals surface area contributed by atoms with Gasteiger partial charge in [0.25, 0.3) is 0 Å². The lowest BCUT2D eigenvalue weighted by molar-refractivity contribution is -0.149. The Morgan fingerprint density at radius 2 is 2.24 bits per heavy atom. The Labute approximate surface area is 128 Å². The van der Waals surface area contributed by atoms with Crippen LogP contribution in [0.1, 0.15) is 52.9 Å². The maximum atomic E-state index is 11.8. The summed E-state index contributed by atoms with van der Waals surface area (Å²) in [5.74, 6) is -0.687. The lowest BCUT2D eigenvalue weighted by Gasteiger charge is -2.47. The molecule has 1 heterocycles. The number of morpholine rings is 1. The highest BCUT2D eigenvalue weighted by Crippen LogP contribution is 2.33. The van der Waals surface area contributed by atoms with Crippen molar-refractivity contribution in [1.82, 2.24) is 10.2 Å². The number of hydrogen-bond donors (Lipinski definition) is 2. The van der Waals surface area contributed by atoms with Crippen molar-refractivity contribution in [2.45, 2.75) is 70.1 Å². The molecule has 2 N–H and O–H groups in total. The van der Waals surface area contributed by atoms with E-state index in [1.54, 1.807) is 0 Å². The first-order valence-corrected chi connectivity index (χ1v) is 8.25. The first kappa shape index (κ1) is 16.7. The largest absolute Gasteiger partial charge is 0.480 e. The normalized spacial score (nSPS) is 33.8. The summed E-state index contributed by atoms with van der Waals surface area (Å²) in [5.41, 5.74) is -0.861. The summed E-state index contributed by atoms with van der Waals surface area (Å²) in [4.78, 5) is 14.3. The van der Waals surface area contributed by atoms with E-state index >= 15 is 0 Å². The van der Waals surface area contributed by atoms with Crippen LogP contribution in [0.5, 0.6) is 0 Å². The molecule has 0 spiro atoms. The van der Waals surface area contributed by atoms with E-state index in [1.807, 2.05) is 0 Å². The van der Waals surface area contributed by atoms with Gasteiger partial charge >= 0.3 is 5.97 Å². The molecular formula is C16H30N2O3. The second-order valence-corrected chi connectivity index (χ2v) is 7.14. The number of nitrogens with one attached hydrogen (secondary N) is 1. The van der Waals surface area contributed by atoms with Crippen molar-refractivity contribution in [1.29, 1.82) is 0 Å². The minimum absolute atomic E-state index is 0.127. The Morgan fingerprint density at radius 1 is 1.48 bits per heavy atom. The zero-order valence-electron chi connectivity index (χ0n) is 13.7. The molecule has 0 radical (unpaired) electrons. The number of aliphatic carboxylic acids is 1. The molecular weight excluding hydrogens is 268 g/mol. The fraction of sp³-hybridized carbons (Fsp3) is 0.938. The third-order valence-electron chi connectivity index (χ3n) is 4.82. The van der Waals surface area contributed by atoms with Crippen LogP contribution in [0.15, 0.2) is 0 Å². The van der Waals surface area contributed by atoms with Crippen LogP contribution in [0.25, 0.3) is 0 Å². The van der Waals surface area contributed by atoms with E-state index in [0.717, 1.165) is 51.9 Å². The molecule has 0 amide bonds. The van der Waals surface area contributed by atoms with Crippen LogP contribution in [0.2, 0.25) is 0 Å². The van der Waals surface area contributed by atoms with Gasteiger partial charge in [0.15, 0.2) is 0 Å². The lowest BCUT2D eigenvalue weighted by Crippen LogP contribution is -2.61. The summed E-state index contributed by atoms with van der Waals surface area (Å²) in [6, 6.07) is 0.349. The van der Waals surface area contributed by atoms with Crippen LogP contribution in [0, 0.1) is 0 Å². The molecule has 0 aromatic heterocycles. The van der Waals surface area contributed by atoms with Crippen molar-refractivity contribution in [3.8, 4) is 0 Å². The van der Waals surface area contributed by atoms with Gasteiger partial charge in [0.1, 0.15) is 5.54 Å². The minimum Gasteiger partial charge on any atom is -0.480 e. The predicted molar refractivity (Wildman–Crippen MR) is 82.5 cm³/mol. The van der Waals surface area contributed by atoms with Gasteiger partial charge in [-0.15, -0.1) is 0 Å². The number of carboxylic acid groups (broad SMARTS) is 1. The number of carbonyl (C=O) groups is 1. The molecule has 2 aliphatic rings. The highest BCUT2D eigenvalue weighted by Gasteiger charge is 2.45. The molecule has 21 heavy (non-hydrogen) atoms. The molecule has 1 aliphatic carbocycles. The van der Waals surface area contributed by atoms with Crippen LogP contribution < -0.4 is 5.32 Å². The highest BCUT2D eigenvalue weighted by molar-refractivity contribution is 5.79. The second-order valence-electron chi connectivity index (χ2n) is 7.14. The first-order chi connectivity index (χ1) is 9.88. The molecule has 1 aliphatic heterocycles. The highest BCUT2D eigenvalue weighted by atomic mass is 16.5. The van der Waals surface area contributed by atoms with E-state index in [2.05, 4.69) is 31.0 Å². The van der Waals surface area contributed by atoms with E-state index in [9.17, 15) is 9.90 Å². The van der Waals surface area contributed by atoms with Crippen LogP contribution in [0.3, 0.4) is 0 Å². The van der Waals surface area contributed by atoms with Gasteiger partial charge in [-0.05, 0) is 52.5 Å². The number of rotatable bonds is 5. The van der Waals surface area contributed by atoms with Gasteiger partial charge in [0.2, 0.25) is 0 Å². The Bertz CT molecular complexity index is 373. The van der Waals surface area contributed by atoms with Crippen molar-refractivity contribution in [2.24, 2.45) is 0 Å². The summed E-state index contributed by atoms with van der Waals surface area (Å²) in [6.07, 6.45) is 4.49. The molecule has 2 rings (SSSR count). The summed E-state index contributed by atoms with van der Waals surface area (Å²) < 4.78 is 5.78. The lowest BCUT2D eigenvalue weighted by atomic mass is 9.78. The Kier molecular flexibility index (Phi) is 5.28. The first-order valence-electron chi connectivity index (χ1n) is 8.25. The summed E-state index contributed by atoms with van der Waals surface area (Å²) in [6.45, 7) is 9.62.